The maximum Gasteiger partial charge on any atom is 0.251 e. The molecule has 2 amide bonds. The van der Waals surface area contributed by atoms with Gasteiger partial charge in [0.2, 0.25) is 5.91 Å². The maximum atomic E-state index is 12.7. The lowest BCUT2D eigenvalue weighted by Crippen LogP contribution is -2.47. The number of rotatable bonds is 9. The molecule has 1 aromatic heterocycles. The predicted octanol–water partition coefficient (Wildman–Crippen LogP) is 3.38. The van der Waals surface area contributed by atoms with E-state index in [0.717, 1.165) is 17.7 Å². The number of hydrogen-bond acceptors (Lipinski definition) is 3. The first-order chi connectivity index (χ1) is 13.7. The van der Waals surface area contributed by atoms with Gasteiger partial charge in [-0.05, 0) is 48.6 Å². The van der Waals surface area contributed by atoms with E-state index in [4.69, 9.17) is 0 Å². The van der Waals surface area contributed by atoms with Crippen molar-refractivity contribution in [1.29, 1.82) is 0 Å². The molecule has 3 N–H and O–H groups in total. The second-order valence-corrected chi connectivity index (χ2v) is 7.56. The number of fused-ring (bicyclic) bond motifs is 1. The molecule has 146 valence electrons. The van der Waals surface area contributed by atoms with Crippen LogP contribution in [0, 0.1) is 0 Å². The Morgan fingerprint density at radius 3 is 2.61 bits per heavy atom. The number of carbonyl (C=O) groups is 2. The van der Waals surface area contributed by atoms with Crippen molar-refractivity contribution in [3.63, 3.8) is 0 Å². The summed E-state index contributed by atoms with van der Waals surface area (Å²) < 4.78 is 0. The minimum Gasteiger partial charge on any atom is -0.361 e. The van der Waals surface area contributed by atoms with E-state index < -0.39 is 6.04 Å². The van der Waals surface area contributed by atoms with Gasteiger partial charge in [-0.15, -0.1) is 0 Å². The van der Waals surface area contributed by atoms with Crippen LogP contribution in [0.2, 0.25) is 0 Å². The van der Waals surface area contributed by atoms with E-state index in [1.807, 2.05) is 48.9 Å². The van der Waals surface area contributed by atoms with Crippen molar-refractivity contribution in [2.24, 2.45) is 0 Å². The molecule has 6 heteroatoms. The van der Waals surface area contributed by atoms with Crippen molar-refractivity contribution in [3.05, 3.63) is 71.9 Å². The maximum absolute atomic E-state index is 12.7. The van der Waals surface area contributed by atoms with Gasteiger partial charge in [0.05, 0.1) is 0 Å². The van der Waals surface area contributed by atoms with Crippen LogP contribution in [0.5, 0.6) is 0 Å². The fraction of sp³-hybridized carbons (Fsp3) is 0.273. The number of benzene rings is 2. The zero-order valence-electron chi connectivity index (χ0n) is 15.9. The summed E-state index contributed by atoms with van der Waals surface area (Å²) in [5.74, 6) is 0.437. The van der Waals surface area contributed by atoms with Crippen molar-refractivity contribution in [2.75, 3.05) is 18.6 Å². The summed E-state index contributed by atoms with van der Waals surface area (Å²) in [5, 5.41) is 7.02. The number of carbonyl (C=O) groups excluding carboxylic acids is 2. The molecular weight excluding hydrogens is 370 g/mol. The minimum absolute atomic E-state index is 0.141. The quantitative estimate of drug-likeness (QED) is 0.520. The first kappa shape index (κ1) is 20.0. The lowest BCUT2D eigenvalue weighted by atomic mass is 10.1. The number of para-hydroxylation sites is 1. The minimum atomic E-state index is -0.539. The number of aromatic amines is 1. The lowest BCUT2D eigenvalue weighted by Gasteiger charge is -2.18. The highest BCUT2D eigenvalue weighted by molar-refractivity contribution is 7.98. The summed E-state index contributed by atoms with van der Waals surface area (Å²) >= 11 is 1.66. The number of amides is 2. The Morgan fingerprint density at radius 1 is 1.07 bits per heavy atom. The predicted molar refractivity (Wildman–Crippen MR) is 116 cm³/mol. The van der Waals surface area contributed by atoms with E-state index in [1.54, 1.807) is 23.9 Å². The van der Waals surface area contributed by atoms with Crippen LogP contribution in [-0.2, 0) is 11.2 Å². The summed E-state index contributed by atoms with van der Waals surface area (Å²) in [6.45, 7) is 0.525. The van der Waals surface area contributed by atoms with E-state index in [9.17, 15) is 9.59 Å². The number of hydrogen-bond donors (Lipinski definition) is 3. The molecule has 1 unspecified atom stereocenters. The molecule has 5 nitrogen and oxygen atoms in total. The Kier molecular flexibility index (Phi) is 7.14. The monoisotopic (exact) mass is 395 g/mol. The smallest absolute Gasteiger partial charge is 0.251 e. The molecule has 1 atom stereocenters. The van der Waals surface area contributed by atoms with Gasteiger partial charge in [0.1, 0.15) is 6.04 Å². The van der Waals surface area contributed by atoms with Gasteiger partial charge in [-0.2, -0.15) is 11.8 Å². The molecule has 3 rings (SSSR count). The molecule has 0 radical (unpaired) electrons. The number of H-pyrrole nitrogens is 1. The van der Waals surface area contributed by atoms with Crippen molar-refractivity contribution in [3.8, 4) is 0 Å². The Balaban J connectivity index is 1.57. The van der Waals surface area contributed by atoms with Crippen molar-refractivity contribution in [1.82, 2.24) is 15.6 Å². The molecular formula is C22H25N3O2S. The van der Waals surface area contributed by atoms with E-state index >= 15 is 0 Å². The van der Waals surface area contributed by atoms with E-state index in [0.29, 0.717) is 18.5 Å². The zero-order chi connectivity index (χ0) is 19.8. The molecule has 0 aliphatic heterocycles. The molecule has 0 spiro atoms. The molecule has 0 aliphatic carbocycles. The number of nitrogens with one attached hydrogen (secondary N) is 3. The number of thioether (sulfide) groups is 1. The molecule has 0 saturated heterocycles. The first-order valence-electron chi connectivity index (χ1n) is 9.36. The third-order valence-electron chi connectivity index (χ3n) is 4.64. The highest BCUT2D eigenvalue weighted by Gasteiger charge is 2.20. The van der Waals surface area contributed by atoms with Gasteiger partial charge in [0.25, 0.3) is 5.91 Å². The second-order valence-electron chi connectivity index (χ2n) is 6.57. The summed E-state index contributed by atoms with van der Waals surface area (Å²) in [6, 6.07) is 16.6. The van der Waals surface area contributed by atoms with Gasteiger partial charge in [-0.1, -0.05) is 36.4 Å². The molecule has 0 saturated carbocycles. The van der Waals surface area contributed by atoms with Gasteiger partial charge in [-0.3, -0.25) is 9.59 Å². The third-order valence-corrected chi connectivity index (χ3v) is 5.28. The molecule has 0 fully saturated rings. The SMILES string of the molecule is CSCCC(NC(=O)c1ccccc1)C(=O)NCCc1c[nH]c2ccccc12. The molecule has 28 heavy (non-hydrogen) atoms. The van der Waals surface area contributed by atoms with Crippen molar-refractivity contribution >= 4 is 34.5 Å². The Labute approximate surface area is 169 Å². The fourth-order valence-corrected chi connectivity index (χ4v) is 3.59. The average Bonchev–Trinajstić information content (AvgIpc) is 3.14. The van der Waals surface area contributed by atoms with Crippen LogP contribution in [0.25, 0.3) is 10.9 Å². The largest absolute Gasteiger partial charge is 0.361 e. The highest BCUT2D eigenvalue weighted by Crippen LogP contribution is 2.17. The third kappa shape index (κ3) is 5.16. The van der Waals surface area contributed by atoms with Crippen LogP contribution >= 0.6 is 11.8 Å². The molecule has 1 heterocycles. The average molecular weight is 396 g/mol. The molecule has 0 bridgehead atoms. The molecule has 0 aliphatic rings. The van der Waals surface area contributed by atoms with Crippen LogP contribution in [-0.4, -0.2) is 41.4 Å². The number of aromatic nitrogens is 1. The van der Waals surface area contributed by atoms with Crippen LogP contribution in [0.15, 0.2) is 60.8 Å². The van der Waals surface area contributed by atoms with E-state index in [1.165, 1.54) is 10.9 Å². The van der Waals surface area contributed by atoms with Crippen LogP contribution in [0.1, 0.15) is 22.3 Å². The Hall–Kier alpha value is -2.73. The summed E-state index contributed by atoms with van der Waals surface area (Å²) in [6.07, 6.45) is 5.31. The van der Waals surface area contributed by atoms with Gasteiger partial charge >= 0.3 is 0 Å². The summed E-state index contributed by atoms with van der Waals surface area (Å²) in [5.41, 5.74) is 2.82. The van der Waals surface area contributed by atoms with Gasteiger partial charge < -0.3 is 15.6 Å². The van der Waals surface area contributed by atoms with Crippen LogP contribution < -0.4 is 10.6 Å². The second kappa shape index (κ2) is 9.99. The van der Waals surface area contributed by atoms with Gasteiger partial charge in [0.15, 0.2) is 0 Å². The van der Waals surface area contributed by atoms with Crippen LogP contribution in [0.4, 0.5) is 0 Å². The summed E-state index contributed by atoms with van der Waals surface area (Å²) in [7, 11) is 0. The van der Waals surface area contributed by atoms with Gasteiger partial charge in [0, 0.05) is 29.2 Å². The van der Waals surface area contributed by atoms with E-state index in [-0.39, 0.29) is 11.8 Å². The first-order valence-corrected chi connectivity index (χ1v) is 10.8. The molecule has 2 aromatic carbocycles. The lowest BCUT2D eigenvalue weighted by molar-refractivity contribution is -0.122. The Morgan fingerprint density at radius 2 is 1.82 bits per heavy atom. The van der Waals surface area contributed by atoms with Gasteiger partial charge in [-0.25, -0.2) is 0 Å². The van der Waals surface area contributed by atoms with Crippen molar-refractivity contribution < 1.29 is 9.59 Å². The van der Waals surface area contributed by atoms with Crippen molar-refractivity contribution in [2.45, 2.75) is 18.9 Å². The topological polar surface area (TPSA) is 74.0 Å². The van der Waals surface area contributed by atoms with Crippen LogP contribution in [0.3, 0.4) is 0 Å². The highest BCUT2D eigenvalue weighted by atomic mass is 32.2. The summed E-state index contributed by atoms with van der Waals surface area (Å²) in [4.78, 5) is 28.3. The van der Waals surface area contributed by atoms with E-state index in [2.05, 4.69) is 21.7 Å². The Bertz CT molecular complexity index is 924. The molecule has 3 aromatic rings. The standard InChI is InChI=1S/C22H25N3O2S/c1-28-14-12-20(25-21(26)16-7-3-2-4-8-16)22(27)23-13-11-17-15-24-19-10-6-5-9-18(17)19/h2-10,15,20,24H,11-14H2,1H3,(H,23,27)(H,25,26). The fourth-order valence-electron chi connectivity index (χ4n) is 3.12. The zero-order valence-corrected chi connectivity index (χ0v) is 16.7. The normalized spacial score (nSPS) is 11.9.